The van der Waals surface area contributed by atoms with Crippen molar-refractivity contribution in [2.24, 2.45) is 5.90 Å². The summed E-state index contributed by atoms with van der Waals surface area (Å²) < 4.78 is 40.4. The maximum absolute atomic E-state index is 13.6. The second-order valence-electron chi connectivity index (χ2n) is 9.76. The fourth-order valence-electron chi connectivity index (χ4n) is 3.58. The van der Waals surface area contributed by atoms with Crippen LogP contribution in [0.4, 0.5) is 18.9 Å². The van der Waals surface area contributed by atoms with Crippen LogP contribution in [0.15, 0.2) is 133 Å². The number of benzene rings is 5. The Bertz CT molecular complexity index is 2320. The van der Waals surface area contributed by atoms with Gasteiger partial charge in [-0.25, -0.2) is 22.8 Å². The highest BCUT2D eigenvalue weighted by atomic mass is 79.9. The molecule has 5 nitrogen and oxygen atoms in total. The summed E-state index contributed by atoms with van der Waals surface area (Å²) in [7, 11) is 0. The highest BCUT2D eigenvalue weighted by molar-refractivity contribution is 9.10. The average molecular weight is 793 g/mol. The number of nitrogens with two attached hydrogens (primary N) is 1. The van der Waals surface area contributed by atoms with Gasteiger partial charge in [-0.15, -0.1) is 26.0 Å². The highest BCUT2D eigenvalue weighted by Crippen LogP contribution is 2.20. The lowest BCUT2D eigenvalue weighted by atomic mass is 10.1. The maximum atomic E-state index is 13.6. The summed E-state index contributed by atoms with van der Waals surface area (Å²) in [6.07, 6.45) is 11.8. The van der Waals surface area contributed by atoms with E-state index >= 15 is 0 Å². The highest BCUT2D eigenvalue weighted by Gasteiger charge is 2.03. The molecule has 268 valence electrons. The van der Waals surface area contributed by atoms with Crippen LogP contribution in [-0.2, 0) is 4.79 Å². The fourth-order valence-corrected chi connectivity index (χ4v) is 3.91. The van der Waals surface area contributed by atoms with Crippen LogP contribution >= 0.6 is 15.9 Å². The van der Waals surface area contributed by atoms with Gasteiger partial charge in [-0.1, -0.05) is 63.6 Å². The van der Waals surface area contributed by atoms with E-state index in [9.17, 15) is 13.2 Å². The van der Waals surface area contributed by atoms with Crippen molar-refractivity contribution in [3.63, 3.8) is 0 Å². The van der Waals surface area contributed by atoms with Gasteiger partial charge < -0.3 is 4.84 Å². The first-order valence-electron chi connectivity index (χ1n) is 15.4. The molecule has 0 heterocycles. The third-order valence-corrected chi connectivity index (χ3v) is 6.68. The SMILES string of the molecule is C#Cc1ccc(C#C)cc1.C=C.CC=C=C=O.NOc1ccc(Br)cc1F.[C-]#[N+]c1ccc(C#Cc2ccc(C#Cc3ccc(C#N)c(F)c3)cc2)cc1F. The third-order valence-electron chi connectivity index (χ3n) is 6.19. The number of allylic oxidation sites excluding steroid dienone is 1. The molecule has 0 unspecified atom stereocenters. The zero-order chi connectivity index (χ0) is 41.0. The van der Waals surface area contributed by atoms with Gasteiger partial charge in [-0.05, 0) is 110 Å². The molecule has 0 aliphatic heterocycles. The van der Waals surface area contributed by atoms with Crippen molar-refractivity contribution in [1.82, 2.24) is 0 Å². The van der Waals surface area contributed by atoms with Crippen LogP contribution in [0.5, 0.6) is 5.75 Å². The molecule has 0 atom stereocenters. The minimum absolute atomic E-state index is 0.0166. The number of carbonyl (C=O) groups excluding carboxylic acids is 1. The number of rotatable bonds is 1. The molecule has 5 aromatic carbocycles. The van der Waals surface area contributed by atoms with Gasteiger partial charge in [0.2, 0.25) is 5.69 Å². The molecule has 0 amide bonds. The van der Waals surface area contributed by atoms with E-state index in [1.165, 1.54) is 48.4 Å². The smallest absolute Gasteiger partial charge is 0.222 e. The molecule has 0 aliphatic carbocycles. The number of hydrogen-bond donors (Lipinski definition) is 1. The number of halogens is 4. The first kappa shape index (κ1) is 45.3. The van der Waals surface area contributed by atoms with E-state index in [-0.39, 0.29) is 17.0 Å². The van der Waals surface area contributed by atoms with Crippen molar-refractivity contribution in [1.29, 1.82) is 5.26 Å². The van der Waals surface area contributed by atoms with E-state index in [4.69, 9.17) is 35.4 Å². The summed E-state index contributed by atoms with van der Waals surface area (Å²) in [6.45, 7) is 14.5. The van der Waals surface area contributed by atoms with Gasteiger partial charge in [0.05, 0.1) is 12.1 Å². The van der Waals surface area contributed by atoms with Crippen LogP contribution in [0, 0.1) is 83.7 Å². The molecule has 55 heavy (non-hydrogen) atoms. The Balaban J connectivity index is 0.000000455. The molecule has 0 fully saturated rings. The van der Waals surface area contributed by atoms with Crippen LogP contribution in [0.2, 0.25) is 0 Å². The molecule has 9 heteroatoms. The largest absolute Gasteiger partial charge is 0.408 e. The lowest BCUT2D eigenvalue weighted by molar-refractivity contribution is 0.315. The van der Waals surface area contributed by atoms with Gasteiger partial charge in [0.1, 0.15) is 17.7 Å². The topological polar surface area (TPSA) is 80.5 Å². The quantitative estimate of drug-likeness (QED) is 0.0458. The fraction of sp³-hybridized carbons (Fsp3) is 0.0217. The minimum Gasteiger partial charge on any atom is -0.408 e. The predicted molar refractivity (Wildman–Crippen MR) is 214 cm³/mol. The van der Waals surface area contributed by atoms with Crippen molar-refractivity contribution in [2.45, 2.75) is 6.92 Å². The average Bonchev–Trinajstić information content (AvgIpc) is 3.21. The normalized spacial score (nSPS) is 8.25. The van der Waals surface area contributed by atoms with Gasteiger partial charge in [0, 0.05) is 37.9 Å². The molecule has 0 aliphatic rings. The molecular formula is C46H29BrF3N3O2. The summed E-state index contributed by atoms with van der Waals surface area (Å²) in [6, 6.07) is 29.0. The van der Waals surface area contributed by atoms with E-state index in [1.807, 2.05) is 24.3 Å². The Kier molecular flexibility index (Phi) is 21.6. The van der Waals surface area contributed by atoms with Gasteiger partial charge in [-0.3, -0.25) is 0 Å². The maximum Gasteiger partial charge on any atom is 0.222 e. The monoisotopic (exact) mass is 791 g/mol. The minimum atomic E-state index is -0.596. The van der Waals surface area contributed by atoms with Crippen LogP contribution < -0.4 is 10.7 Å². The Hall–Kier alpha value is -7.68. The summed E-state index contributed by atoms with van der Waals surface area (Å²) >= 11 is 3.09. The zero-order valence-corrected chi connectivity index (χ0v) is 30.8. The number of hydrogen-bond acceptors (Lipinski definition) is 4. The van der Waals surface area contributed by atoms with Crippen molar-refractivity contribution in [3.05, 3.63) is 200 Å². The molecule has 5 aromatic rings. The van der Waals surface area contributed by atoms with Crippen molar-refractivity contribution >= 4 is 27.6 Å². The lowest BCUT2D eigenvalue weighted by Gasteiger charge is -1.98. The Labute approximate surface area is 327 Å². The third kappa shape index (κ3) is 16.9. The second-order valence-corrected chi connectivity index (χ2v) is 10.7. The summed E-state index contributed by atoms with van der Waals surface area (Å²) in [4.78, 5) is 16.4. The lowest BCUT2D eigenvalue weighted by Crippen LogP contribution is -2.03. The molecule has 0 radical (unpaired) electrons. The molecule has 2 N–H and O–H groups in total. The first-order chi connectivity index (χ1) is 26.6. The van der Waals surface area contributed by atoms with E-state index in [0.29, 0.717) is 15.6 Å². The second kappa shape index (κ2) is 26.1. The van der Waals surface area contributed by atoms with E-state index in [2.05, 4.69) is 80.0 Å². The Morgan fingerprint density at radius 1 is 0.727 bits per heavy atom. The van der Waals surface area contributed by atoms with Crippen molar-refractivity contribution in [2.75, 3.05) is 0 Å². The van der Waals surface area contributed by atoms with Crippen molar-refractivity contribution < 1.29 is 22.8 Å². The van der Waals surface area contributed by atoms with Gasteiger partial charge in [0.25, 0.3) is 0 Å². The van der Waals surface area contributed by atoms with Gasteiger partial charge >= 0.3 is 0 Å². The van der Waals surface area contributed by atoms with Gasteiger partial charge in [-0.2, -0.15) is 11.2 Å². The molecule has 5 rings (SSSR count). The van der Waals surface area contributed by atoms with Crippen molar-refractivity contribution in [3.8, 4) is 60.2 Å². The molecule has 0 bridgehead atoms. The molecule has 0 aromatic heterocycles. The standard InChI is InChI=1S/C24H10F2N2.C10H6.C6H5BrFNO.C4H4O.C2H4/c1-28-24-13-11-20(15-23(24)26)9-7-18-4-2-17(3-5-18)6-8-19-10-12-21(16-27)22(25)14-19;1-3-9-5-7-10(4-2)8-6-9;7-4-1-2-6(10-9)5(8)3-4;1-2-3-4-5;1-2/h2-5,10-15H;1-2,5-8H;1-3H,9H2;2H,1H3;1-2H2. The molecule has 0 saturated carbocycles. The van der Waals surface area contributed by atoms with Gasteiger partial charge in [0.15, 0.2) is 17.5 Å². The Morgan fingerprint density at radius 2 is 1.18 bits per heavy atom. The van der Waals surface area contributed by atoms with Crippen LogP contribution in [0.1, 0.15) is 45.9 Å². The summed E-state index contributed by atoms with van der Waals surface area (Å²) in [5.74, 6) is 21.2. The van der Waals surface area contributed by atoms with E-state index in [1.54, 1.807) is 55.5 Å². The first-order valence-corrected chi connectivity index (χ1v) is 16.2. The summed E-state index contributed by atoms with van der Waals surface area (Å²) in [5.41, 5.74) is 6.26. The van der Waals surface area contributed by atoms with Crippen LogP contribution in [0.25, 0.3) is 4.85 Å². The number of nitrogens with zero attached hydrogens (tertiary/aromatic N) is 2. The number of terminal acetylenes is 2. The van der Waals surface area contributed by atoms with Crippen LogP contribution in [-0.4, -0.2) is 5.94 Å². The molecular weight excluding hydrogens is 763 g/mol. The summed E-state index contributed by atoms with van der Waals surface area (Å²) in [5, 5.41) is 8.73. The van der Waals surface area contributed by atoms with E-state index in [0.717, 1.165) is 22.3 Å². The predicted octanol–water partition coefficient (Wildman–Crippen LogP) is 10.0. The number of nitriles is 1. The van der Waals surface area contributed by atoms with Crippen LogP contribution in [0.3, 0.4) is 0 Å². The Morgan fingerprint density at radius 3 is 1.55 bits per heavy atom. The zero-order valence-electron chi connectivity index (χ0n) is 29.3. The molecule has 0 spiro atoms. The molecule has 0 saturated heterocycles. The van der Waals surface area contributed by atoms with E-state index < -0.39 is 17.5 Å².